The molecule has 36 heavy (non-hydrogen) atoms. The molecule has 0 aliphatic heterocycles. The summed E-state index contributed by atoms with van der Waals surface area (Å²) in [5, 5.41) is 5.34. The number of pyridine rings is 2. The van der Waals surface area contributed by atoms with Gasteiger partial charge >= 0.3 is 0 Å². The number of rotatable bonds is 10. The Bertz CT molecular complexity index is 1310. The molecule has 0 unspecified atom stereocenters. The van der Waals surface area contributed by atoms with Crippen molar-refractivity contribution in [3.63, 3.8) is 0 Å². The van der Waals surface area contributed by atoms with E-state index in [-0.39, 0.29) is 11.9 Å². The van der Waals surface area contributed by atoms with E-state index in [1.807, 2.05) is 29.9 Å². The van der Waals surface area contributed by atoms with Gasteiger partial charge in [-0.2, -0.15) is 5.10 Å². The van der Waals surface area contributed by atoms with E-state index < -0.39 is 0 Å². The van der Waals surface area contributed by atoms with Crippen LogP contribution in [-0.2, 0) is 13.1 Å². The van der Waals surface area contributed by atoms with Crippen LogP contribution in [0.2, 0.25) is 0 Å². The maximum atomic E-state index is 13.7. The largest absolute Gasteiger partial charge is 0.337 e. The summed E-state index contributed by atoms with van der Waals surface area (Å²) in [6.07, 6.45) is 7.66. The van der Waals surface area contributed by atoms with Gasteiger partial charge in [0.1, 0.15) is 0 Å². The summed E-state index contributed by atoms with van der Waals surface area (Å²) in [5.41, 5.74) is 5.33. The second-order valence-corrected chi connectivity index (χ2v) is 9.79. The molecule has 1 amide bonds. The molecule has 0 fully saturated rings. The number of amides is 1. The Balaban J connectivity index is 1.72. The Morgan fingerprint density at radius 3 is 2.56 bits per heavy atom. The summed E-state index contributed by atoms with van der Waals surface area (Å²) >= 11 is 0. The normalized spacial score (nSPS) is 11.5. The topological polar surface area (TPSA) is 67.2 Å². The second kappa shape index (κ2) is 11.4. The van der Waals surface area contributed by atoms with Crippen molar-refractivity contribution in [2.75, 3.05) is 20.6 Å². The van der Waals surface area contributed by atoms with Crippen LogP contribution in [0.1, 0.15) is 61.1 Å². The van der Waals surface area contributed by atoms with Gasteiger partial charge in [-0.25, -0.2) is 9.67 Å². The molecule has 188 valence electrons. The average molecular weight is 485 g/mol. The standard InChI is InChI=1S/C29H36N6O/c1-6-7-14-33(4)19-22-10-8-12-24(15-22)27-16-25(26-18-31-35(21(2)3)28(26)32-27)29(36)34(5)20-23-11-9-13-30-17-23/h8-13,15-18,21H,6-7,14,19-20H2,1-5H3. The van der Waals surface area contributed by atoms with Crippen LogP contribution in [0.25, 0.3) is 22.3 Å². The van der Waals surface area contributed by atoms with Crippen LogP contribution in [0.15, 0.2) is 61.1 Å². The van der Waals surface area contributed by atoms with Gasteiger partial charge in [0.05, 0.1) is 22.8 Å². The molecule has 1 aromatic carbocycles. The summed E-state index contributed by atoms with van der Waals surface area (Å²) in [4.78, 5) is 26.9. The van der Waals surface area contributed by atoms with Crippen molar-refractivity contribution in [1.29, 1.82) is 0 Å². The first-order chi connectivity index (χ1) is 17.4. The number of nitrogens with zero attached hydrogens (tertiary/aromatic N) is 6. The molecular formula is C29H36N6O. The first-order valence-electron chi connectivity index (χ1n) is 12.7. The summed E-state index contributed by atoms with van der Waals surface area (Å²) < 4.78 is 1.89. The van der Waals surface area contributed by atoms with Crippen LogP contribution >= 0.6 is 0 Å². The molecule has 0 spiro atoms. The Hall–Kier alpha value is -3.58. The van der Waals surface area contributed by atoms with Crippen LogP contribution in [0, 0.1) is 0 Å². The molecule has 4 aromatic rings. The van der Waals surface area contributed by atoms with Gasteiger partial charge in [-0.1, -0.05) is 37.6 Å². The molecule has 7 nitrogen and oxygen atoms in total. The number of hydrogen-bond acceptors (Lipinski definition) is 5. The fourth-order valence-corrected chi connectivity index (χ4v) is 4.41. The fraction of sp³-hybridized carbons (Fsp3) is 0.379. The lowest BCUT2D eigenvalue weighted by Gasteiger charge is -2.19. The number of aromatic nitrogens is 4. The number of fused-ring (bicyclic) bond motifs is 1. The van der Waals surface area contributed by atoms with Crippen molar-refractivity contribution in [1.82, 2.24) is 29.5 Å². The highest BCUT2D eigenvalue weighted by atomic mass is 16.2. The third-order valence-electron chi connectivity index (χ3n) is 6.34. The molecule has 0 radical (unpaired) electrons. The predicted octanol–water partition coefficient (Wildman–Crippen LogP) is 5.58. The molecule has 0 atom stereocenters. The number of carbonyl (C=O) groups excluding carboxylic acids is 1. The summed E-state index contributed by atoms with van der Waals surface area (Å²) in [7, 11) is 3.98. The maximum Gasteiger partial charge on any atom is 0.254 e. The smallest absolute Gasteiger partial charge is 0.254 e. The number of benzene rings is 1. The SMILES string of the molecule is CCCCN(C)Cc1cccc(-c2cc(C(=O)N(C)Cc3cccnc3)c3cnn(C(C)C)c3n2)c1. The molecule has 0 N–H and O–H groups in total. The van der Waals surface area contributed by atoms with Gasteiger partial charge in [-0.05, 0) is 63.2 Å². The minimum Gasteiger partial charge on any atom is -0.337 e. The molecule has 0 saturated heterocycles. The molecule has 0 bridgehead atoms. The van der Waals surface area contributed by atoms with Crippen molar-refractivity contribution in [2.45, 2.75) is 52.7 Å². The van der Waals surface area contributed by atoms with Gasteiger partial charge in [0.2, 0.25) is 0 Å². The highest BCUT2D eigenvalue weighted by Gasteiger charge is 2.21. The van der Waals surface area contributed by atoms with E-state index in [1.165, 1.54) is 18.4 Å². The number of hydrogen-bond donors (Lipinski definition) is 0. The number of unbranched alkanes of at least 4 members (excludes halogenated alkanes) is 1. The molecule has 0 aliphatic rings. The van der Waals surface area contributed by atoms with Crippen LogP contribution in [0.3, 0.4) is 0 Å². The Labute approximate surface area is 213 Å². The molecule has 3 heterocycles. The minimum atomic E-state index is -0.0636. The van der Waals surface area contributed by atoms with Crippen LogP contribution in [0.4, 0.5) is 0 Å². The van der Waals surface area contributed by atoms with Crippen LogP contribution < -0.4 is 0 Å². The summed E-state index contributed by atoms with van der Waals surface area (Å²) in [5.74, 6) is -0.0636. The van der Waals surface area contributed by atoms with Crippen LogP contribution in [-0.4, -0.2) is 56.1 Å². The van der Waals surface area contributed by atoms with Crippen LogP contribution in [0.5, 0.6) is 0 Å². The molecule has 3 aromatic heterocycles. The second-order valence-electron chi connectivity index (χ2n) is 9.79. The zero-order valence-electron chi connectivity index (χ0n) is 22.0. The van der Waals surface area contributed by atoms with Gasteiger partial charge in [0.15, 0.2) is 5.65 Å². The number of carbonyl (C=O) groups is 1. The molecule has 4 rings (SSSR count). The predicted molar refractivity (Wildman–Crippen MR) is 145 cm³/mol. The van der Waals surface area contributed by atoms with Gasteiger partial charge in [-0.3, -0.25) is 9.78 Å². The lowest BCUT2D eigenvalue weighted by atomic mass is 10.0. The third-order valence-corrected chi connectivity index (χ3v) is 6.34. The molecular weight excluding hydrogens is 448 g/mol. The van der Waals surface area contributed by atoms with Gasteiger partial charge in [-0.15, -0.1) is 0 Å². The van der Waals surface area contributed by atoms with E-state index in [0.717, 1.165) is 40.9 Å². The van der Waals surface area contributed by atoms with Crippen molar-refractivity contribution in [3.8, 4) is 11.3 Å². The highest BCUT2D eigenvalue weighted by molar-refractivity contribution is 6.06. The van der Waals surface area contributed by atoms with E-state index in [1.54, 1.807) is 23.5 Å². The van der Waals surface area contributed by atoms with E-state index in [0.29, 0.717) is 12.1 Å². The van der Waals surface area contributed by atoms with E-state index in [4.69, 9.17) is 4.98 Å². The minimum absolute atomic E-state index is 0.0636. The van der Waals surface area contributed by atoms with Gasteiger partial charge in [0.25, 0.3) is 5.91 Å². The lowest BCUT2D eigenvalue weighted by Crippen LogP contribution is -2.26. The summed E-state index contributed by atoms with van der Waals surface area (Å²) in [6, 6.07) is 14.4. The van der Waals surface area contributed by atoms with Crippen molar-refractivity contribution < 1.29 is 4.79 Å². The van der Waals surface area contributed by atoms with E-state index in [9.17, 15) is 4.79 Å². The van der Waals surface area contributed by atoms with Crippen molar-refractivity contribution in [2.24, 2.45) is 0 Å². The first-order valence-corrected chi connectivity index (χ1v) is 12.7. The lowest BCUT2D eigenvalue weighted by molar-refractivity contribution is 0.0787. The van der Waals surface area contributed by atoms with Crippen molar-refractivity contribution >= 4 is 16.9 Å². The van der Waals surface area contributed by atoms with E-state index >= 15 is 0 Å². The van der Waals surface area contributed by atoms with E-state index in [2.05, 4.69) is 67.1 Å². The highest BCUT2D eigenvalue weighted by Crippen LogP contribution is 2.28. The zero-order chi connectivity index (χ0) is 25.7. The quantitative estimate of drug-likeness (QED) is 0.294. The Kier molecular flexibility index (Phi) is 8.10. The maximum absolute atomic E-state index is 13.7. The molecule has 7 heteroatoms. The Morgan fingerprint density at radius 2 is 1.83 bits per heavy atom. The van der Waals surface area contributed by atoms with Crippen molar-refractivity contribution in [3.05, 3.63) is 77.7 Å². The molecule has 0 saturated carbocycles. The van der Waals surface area contributed by atoms with Gasteiger partial charge < -0.3 is 9.80 Å². The fourth-order valence-electron chi connectivity index (χ4n) is 4.41. The Morgan fingerprint density at radius 1 is 1.03 bits per heavy atom. The summed E-state index contributed by atoms with van der Waals surface area (Å²) in [6.45, 7) is 8.78. The first kappa shape index (κ1) is 25.5. The average Bonchev–Trinajstić information content (AvgIpc) is 3.32. The monoisotopic (exact) mass is 484 g/mol. The third kappa shape index (κ3) is 5.79. The van der Waals surface area contributed by atoms with Gasteiger partial charge in [0, 0.05) is 44.1 Å². The molecule has 0 aliphatic carbocycles. The zero-order valence-corrected chi connectivity index (χ0v) is 22.0.